The van der Waals surface area contributed by atoms with Crippen LogP contribution in [0.1, 0.15) is 10.4 Å². The highest BCUT2D eigenvalue weighted by atomic mass is 16.1. The Labute approximate surface area is 190 Å². The summed E-state index contributed by atoms with van der Waals surface area (Å²) in [5.74, 6) is 0. The molecule has 1 N–H and O–H groups in total. The van der Waals surface area contributed by atoms with E-state index in [1.165, 1.54) is 5.69 Å². The van der Waals surface area contributed by atoms with Crippen LogP contribution in [0.2, 0.25) is 0 Å². The highest BCUT2D eigenvalue weighted by Gasteiger charge is 2.14. The van der Waals surface area contributed by atoms with Gasteiger partial charge in [-0.15, -0.1) is 0 Å². The van der Waals surface area contributed by atoms with Gasteiger partial charge in [-0.05, 0) is 35.4 Å². The van der Waals surface area contributed by atoms with Gasteiger partial charge in [0.05, 0.1) is 11.7 Å². The Hall–Kier alpha value is -4.10. The van der Waals surface area contributed by atoms with Gasteiger partial charge >= 0.3 is 0 Å². The van der Waals surface area contributed by atoms with Gasteiger partial charge in [0.15, 0.2) is 5.65 Å². The van der Waals surface area contributed by atoms with E-state index in [-0.39, 0.29) is 0 Å². The molecule has 162 valence electrons. The molecule has 1 aliphatic rings. The molecule has 0 atom stereocenters. The Morgan fingerprint density at radius 3 is 2.55 bits per heavy atom. The number of hydrogen-bond acceptors (Lipinski definition) is 6. The van der Waals surface area contributed by atoms with E-state index in [1.807, 2.05) is 41.3 Å². The molecule has 2 aromatic carbocycles. The second kappa shape index (κ2) is 8.11. The van der Waals surface area contributed by atoms with E-state index in [4.69, 9.17) is 4.98 Å². The van der Waals surface area contributed by atoms with Gasteiger partial charge in [-0.2, -0.15) is 5.10 Å². The third-order valence-electron chi connectivity index (χ3n) is 6.23. The zero-order chi connectivity index (χ0) is 22.2. The molecule has 1 aliphatic heterocycles. The number of piperazine rings is 1. The zero-order valence-corrected chi connectivity index (χ0v) is 18.0. The second-order valence-corrected chi connectivity index (χ2v) is 8.21. The van der Waals surface area contributed by atoms with Crippen LogP contribution in [0.5, 0.6) is 0 Å². The van der Waals surface area contributed by atoms with Crippen molar-refractivity contribution in [2.24, 2.45) is 0 Å². The minimum Gasteiger partial charge on any atom is -0.369 e. The molecule has 1 fully saturated rings. The number of nitrogens with one attached hydrogen (secondary N) is 1. The summed E-state index contributed by atoms with van der Waals surface area (Å²) in [5, 5.41) is 8.93. The molecule has 3 aromatic heterocycles. The Balaban J connectivity index is 1.35. The molecule has 5 aromatic rings. The minimum atomic E-state index is 0.609. The number of carbonyl (C=O) groups excluding carboxylic acids is 1. The van der Waals surface area contributed by atoms with Crippen molar-refractivity contribution in [2.45, 2.75) is 0 Å². The third kappa shape index (κ3) is 3.52. The summed E-state index contributed by atoms with van der Waals surface area (Å²) in [7, 11) is 0. The number of hydrogen-bond donors (Lipinski definition) is 1. The Morgan fingerprint density at radius 1 is 0.879 bits per heavy atom. The normalized spacial score (nSPS) is 14.1. The molecule has 33 heavy (non-hydrogen) atoms. The monoisotopic (exact) mass is 434 g/mol. The van der Waals surface area contributed by atoms with Crippen LogP contribution in [0.3, 0.4) is 0 Å². The molecule has 0 spiro atoms. The van der Waals surface area contributed by atoms with Crippen LogP contribution in [0.25, 0.3) is 38.8 Å². The topological polar surface area (TPSA) is 75.4 Å². The molecule has 7 nitrogen and oxygen atoms in total. The van der Waals surface area contributed by atoms with E-state index in [9.17, 15) is 4.79 Å². The number of rotatable bonds is 4. The lowest BCUT2D eigenvalue weighted by Gasteiger charge is -2.29. The van der Waals surface area contributed by atoms with Crippen molar-refractivity contribution in [3.05, 3.63) is 78.9 Å². The van der Waals surface area contributed by atoms with Gasteiger partial charge in [-0.25, -0.2) is 9.50 Å². The van der Waals surface area contributed by atoms with Crippen LogP contribution < -0.4 is 10.2 Å². The number of carbonyl (C=O) groups is 1. The Kier molecular flexibility index (Phi) is 4.81. The molecular formula is C26H22N6O. The summed E-state index contributed by atoms with van der Waals surface area (Å²) in [6, 6.07) is 16.1. The maximum Gasteiger partial charge on any atom is 0.162 e. The summed E-state index contributed by atoms with van der Waals surface area (Å²) in [4.78, 5) is 22.7. The van der Waals surface area contributed by atoms with Crippen molar-refractivity contribution in [3.63, 3.8) is 0 Å². The summed E-state index contributed by atoms with van der Waals surface area (Å²) in [6.07, 6.45) is 8.34. The maximum atomic E-state index is 11.1. The van der Waals surface area contributed by atoms with Gasteiger partial charge < -0.3 is 10.2 Å². The highest BCUT2D eigenvalue weighted by molar-refractivity contribution is 5.99. The number of aldehydes is 1. The van der Waals surface area contributed by atoms with Crippen LogP contribution in [0.4, 0.5) is 5.69 Å². The number of nitrogens with zero attached hydrogens (tertiary/aromatic N) is 5. The quantitative estimate of drug-likeness (QED) is 0.433. The van der Waals surface area contributed by atoms with E-state index in [1.54, 1.807) is 12.3 Å². The molecule has 0 saturated carbocycles. The first kappa shape index (κ1) is 19.6. The standard InChI is InChI=1S/C26H22N6O/c33-17-18-1-6-23-22(7-8-28-25(23)13-18)24-15-30-32-16-20(14-29-26(24)32)19-2-4-21(5-3-19)31-11-9-27-10-12-31/h1-8,13-17,27H,9-12H2. The predicted molar refractivity (Wildman–Crippen MR) is 130 cm³/mol. The molecule has 0 aliphatic carbocycles. The highest BCUT2D eigenvalue weighted by Crippen LogP contribution is 2.31. The smallest absolute Gasteiger partial charge is 0.162 e. The Bertz CT molecular complexity index is 1470. The first-order valence-corrected chi connectivity index (χ1v) is 11.0. The summed E-state index contributed by atoms with van der Waals surface area (Å²) in [5.41, 5.74) is 7.46. The van der Waals surface area contributed by atoms with Gasteiger partial charge in [0.25, 0.3) is 0 Å². The number of fused-ring (bicyclic) bond motifs is 2. The van der Waals surface area contributed by atoms with Gasteiger partial charge in [-0.1, -0.05) is 24.3 Å². The molecule has 0 bridgehead atoms. The van der Waals surface area contributed by atoms with Crippen molar-refractivity contribution in [2.75, 3.05) is 31.1 Å². The van der Waals surface area contributed by atoms with Crippen LogP contribution >= 0.6 is 0 Å². The van der Waals surface area contributed by atoms with Crippen molar-refractivity contribution < 1.29 is 4.79 Å². The van der Waals surface area contributed by atoms with Gasteiger partial charge in [-0.3, -0.25) is 9.78 Å². The largest absolute Gasteiger partial charge is 0.369 e. The maximum absolute atomic E-state index is 11.1. The van der Waals surface area contributed by atoms with Crippen LogP contribution in [-0.4, -0.2) is 52.0 Å². The number of anilines is 1. The third-order valence-corrected chi connectivity index (χ3v) is 6.23. The Morgan fingerprint density at radius 2 is 1.73 bits per heavy atom. The number of pyridine rings is 1. The van der Waals surface area contributed by atoms with Crippen LogP contribution in [-0.2, 0) is 0 Å². The predicted octanol–water partition coefficient (Wildman–Crippen LogP) is 3.83. The molecule has 0 amide bonds. The van der Waals surface area contributed by atoms with E-state index in [0.29, 0.717) is 5.56 Å². The number of benzene rings is 2. The summed E-state index contributed by atoms with van der Waals surface area (Å²) >= 11 is 0. The average Bonchev–Trinajstić information content (AvgIpc) is 3.31. The zero-order valence-electron chi connectivity index (χ0n) is 18.0. The average molecular weight is 435 g/mol. The number of aromatic nitrogens is 4. The molecule has 6 rings (SSSR count). The van der Waals surface area contributed by atoms with E-state index in [2.05, 4.69) is 44.6 Å². The lowest BCUT2D eigenvalue weighted by Crippen LogP contribution is -2.43. The van der Waals surface area contributed by atoms with E-state index >= 15 is 0 Å². The first-order valence-electron chi connectivity index (χ1n) is 11.0. The SMILES string of the molecule is O=Cc1ccc2c(-c3cnn4cc(-c5ccc(N6CCNCC6)cc5)cnc34)ccnc2c1. The first-order chi connectivity index (χ1) is 16.3. The summed E-state index contributed by atoms with van der Waals surface area (Å²) in [6.45, 7) is 4.11. The molecule has 1 saturated heterocycles. The molecule has 4 heterocycles. The second-order valence-electron chi connectivity index (χ2n) is 8.21. The van der Waals surface area contributed by atoms with Crippen LogP contribution in [0, 0.1) is 0 Å². The fourth-order valence-electron chi connectivity index (χ4n) is 4.47. The lowest BCUT2D eigenvalue weighted by molar-refractivity contribution is 0.112. The van der Waals surface area contributed by atoms with Gasteiger partial charge in [0.2, 0.25) is 0 Å². The van der Waals surface area contributed by atoms with Crippen LogP contribution in [0.15, 0.2) is 73.3 Å². The summed E-state index contributed by atoms with van der Waals surface area (Å²) < 4.78 is 1.82. The van der Waals surface area contributed by atoms with E-state index < -0.39 is 0 Å². The van der Waals surface area contributed by atoms with E-state index in [0.717, 1.165) is 71.3 Å². The molecular weight excluding hydrogens is 412 g/mol. The fraction of sp³-hybridized carbons (Fsp3) is 0.154. The van der Waals surface area contributed by atoms with Crippen molar-refractivity contribution >= 4 is 28.5 Å². The van der Waals surface area contributed by atoms with Gasteiger partial charge in [0.1, 0.15) is 6.29 Å². The molecule has 0 unspecified atom stereocenters. The van der Waals surface area contributed by atoms with Crippen molar-refractivity contribution in [1.29, 1.82) is 0 Å². The molecule has 0 radical (unpaired) electrons. The lowest BCUT2D eigenvalue weighted by atomic mass is 10.0. The van der Waals surface area contributed by atoms with Crippen molar-refractivity contribution in [1.82, 2.24) is 24.9 Å². The van der Waals surface area contributed by atoms with Crippen molar-refractivity contribution in [3.8, 4) is 22.3 Å². The van der Waals surface area contributed by atoms with Gasteiger partial charge in [0, 0.05) is 72.5 Å². The fourth-order valence-corrected chi connectivity index (χ4v) is 4.47. The minimum absolute atomic E-state index is 0.609. The molecule has 7 heteroatoms.